The van der Waals surface area contributed by atoms with Crippen LogP contribution in [0.25, 0.3) is 0 Å². The molecule has 1 fully saturated rings. The van der Waals surface area contributed by atoms with Crippen LogP contribution in [-0.4, -0.2) is 60.6 Å². The van der Waals surface area contributed by atoms with E-state index in [1.54, 1.807) is 0 Å². The zero-order chi connectivity index (χ0) is 41.8. The molecule has 7 heteroatoms. The average Bonchev–Trinajstić information content (AvgIpc) is 3.17. The Hall–Kier alpha value is -1.63. The highest BCUT2D eigenvalue weighted by molar-refractivity contribution is 5.76. The van der Waals surface area contributed by atoms with Crippen LogP contribution in [0.2, 0.25) is 0 Å². The van der Waals surface area contributed by atoms with Crippen LogP contribution in [-0.2, 0) is 23.9 Å². The predicted molar refractivity (Wildman–Crippen MR) is 242 cm³/mol. The molecule has 336 valence electrons. The van der Waals surface area contributed by atoms with Crippen molar-refractivity contribution in [3.8, 4) is 0 Å². The number of ether oxygens (including phenoxy) is 2. The Labute approximate surface area is 354 Å². The molecule has 1 rings (SSSR count). The monoisotopic (exact) mass is 805 g/mol. The van der Waals surface area contributed by atoms with Crippen molar-refractivity contribution in [2.24, 2.45) is 11.8 Å². The number of nitrogens with one attached hydrogen (secondary N) is 1. The number of esters is 2. The second-order valence-electron chi connectivity index (χ2n) is 18.5. The van der Waals surface area contributed by atoms with E-state index >= 15 is 0 Å². The molecule has 1 saturated heterocycles. The number of nitrogens with zero attached hydrogens (tertiary/aromatic N) is 1. The molecule has 0 aliphatic carbocycles. The standard InChI is InChI=1S/C50H96N2O5/c1-7-9-31-45-33-25-21-22-26-34-46(32-10-8-2)42-50(55)57-40-30-24-18-14-12-16-20-28-36-47(51-48(53)37-38-52(43(3)4)44(5)6)35-27-19-15-11-13-17-23-29-39-56-49(54)41-45/h43-47H,7-42H2,1-6H3,(H,51,53). The maximum atomic E-state index is 13.1. The minimum atomic E-state index is -0.00272. The molecule has 0 saturated carbocycles. The van der Waals surface area contributed by atoms with E-state index in [0.29, 0.717) is 56.4 Å². The summed E-state index contributed by atoms with van der Waals surface area (Å²) in [5, 5.41) is 3.44. The number of carbonyl (C=O) groups is 3. The zero-order valence-electron chi connectivity index (χ0n) is 38.8. The van der Waals surface area contributed by atoms with Crippen LogP contribution < -0.4 is 5.32 Å². The first-order valence-electron chi connectivity index (χ1n) is 25.0. The highest BCUT2D eigenvalue weighted by atomic mass is 16.5. The summed E-state index contributed by atoms with van der Waals surface area (Å²) in [4.78, 5) is 41.0. The lowest BCUT2D eigenvalue weighted by atomic mass is 9.90. The van der Waals surface area contributed by atoms with Gasteiger partial charge in [-0.1, -0.05) is 155 Å². The van der Waals surface area contributed by atoms with Gasteiger partial charge in [0.25, 0.3) is 0 Å². The lowest BCUT2D eigenvalue weighted by molar-refractivity contribution is -0.146. The van der Waals surface area contributed by atoms with Gasteiger partial charge in [-0.3, -0.25) is 19.3 Å². The first-order chi connectivity index (χ1) is 27.7. The minimum Gasteiger partial charge on any atom is -0.466 e. The lowest BCUT2D eigenvalue weighted by Crippen LogP contribution is -2.41. The normalized spacial score (nSPS) is 23.3. The molecule has 1 aliphatic rings. The van der Waals surface area contributed by atoms with E-state index in [4.69, 9.17) is 9.47 Å². The first kappa shape index (κ1) is 53.4. The van der Waals surface area contributed by atoms with Gasteiger partial charge in [-0.05, 0) is 90.9 Å². The molecular formula is C50H96N2O5. The van der Waals surface area contributed by atoms with Crippen molar-refractivity contribution in [1.29, 1.82) is 0 Å². The molecular weight excluding hydrogens is 709 g/mol. The van der Waals surface area contributed by atoms with Crippen LogP contribution in [0.1, 0.15) is 253 Å². The zero-order valence-corrected chi connectivity index (χ0v) is 38.8. The number of amides is 1. The van der Waals surface area contributed by atoms with E-state index in [2.05, 4.69) is 51.8 Å². The maximum absolute atomic E-state index is 13.1. The van der Waals surface area contributed by atoms with Crippen molar-refractivity contribution in [3.05, 3.63) is 0 Å². The number of unbranched alkanes of at least 4 members (excludes halogenated alkanes) is 2. The Kier molecular flexibility index (Phi) is 35.0. The molecule has 1 aliphatic heterocycles. The van der Waals surface area contributed by atoms with Gasteiger partial charge in [0.15, 0.2) is 0 Å². The van der Waals surface area contributed by atoms with Gasteiger partial charge in [-0.15, -0.1) is 0 Å². The van der Waals surface area contributed by atoms with Crippen molar-refractivity contribution < 1.29 is 23.9 Å². The first-order valence-corrected chi connectivity index (χ1v) is 25.0. The van der Waals surface area contributed by atoms with Gasteiger partial charge in [-0.2, -0.15) is 0 Å². The summed E-state index contributed by atoms with van der Waals surface area (Å²) >= 11 is 0. The van der Waals surface area contributed by atoms with Gasteiger partial charge in [-0.25, -0.2) is 0 Å². The van der Waals surface area contributed by atoms with E-state index in [0.717, 1.165) is 70.8 Å². The lowest BCUT2D eigenvalue weighted by Gasteiger charge is -2.30. The Morgan fingerprint density at radius 1 is 0.561 bits per heavy atom. The number of hydrogen-bond donors (Lipinski definition) is 1. The highest BCUT2D eigenvalue weighted by Gasteiger charge is 2.19. The van der Waals surface area contributed by atoms with Crippen LogP contribution in [0.15, 0.2) is 0 Å². The maximum Gasteiger partial charge on any atom is 0.306 e. The fraction of sp³-hybridized carbons (Fsp3) is 0.940. The van der Waals surface area contributed by atoms with Gasteiger partial charge in [0.05, 0.1) is 13.2 Å². The third kappa shape index (κ3) is 31.9. The van der Waals surface area contributed by atoms with Crippen molar-refractivity contribution in [1.82, 2.24) is 10.2 Å². The number of hydrogen-bond acceptors (Lipinski definition) is 6. The Balaban J connectivity index is 2.66. The molecule has 0 bridgehead atoms. The molecule has 0 aromatic carbocycles. The molecule has 1 N–H and O–H groups in total. The van der Waals surface area contributed by atoms with Gasteiger partial charge in [0.1, 0.15) is 0 Å². The van der Waals surface area contributed by atoms with Crippen LogP contribution >= 0.6 is 0 Å². The van der Waals surface area contributed by atoms with Crippen molar-refractivity contribution >= 4 is 17.8 Å². The molecule has 2 atom stereocenters. The van der Waals surface area contributed by atoms with Crippen molar-refractivity contribution in [2.45, 2.75) is 272 Å². The van der Waals surface area contributed by atoms with Gasteiger partial charge in [0.2, 0.25) is 5.91 Å². The number of carbonyl (C=O) groups excluding carboxylic acids is 3. The minimum absolute atomic E-state index is 0.00272. The molecule has 0 aromatic rings. The smallest absolute Gasteiger partial charge is 0.306 e. The Morgan fingerprint density at radius 3 is 1.28 bits per heavy atom. The van der Waals surface area contributed by atoms with Crippen LogP contribution in [0.5, 0.6) is 0 Å². The fourth-order valence-electron chi connectivity index (χ4n) is 8.90. The molecule has 0 radical (unpaired) electrons. The van der Waals surface area contributed by atoms with Crippen LogP contribution in [0, 0.1) is 11.8 Å². The summed E-state index contributed by atoms with van der Waals surface area (Å²) in [6.45, 7) is 15.3. The SMILES string of the molecule is CCCCC1CCCCCCC(CCCC)CC(=O)OCCCCCCCCCCC(NC(=O)CCN(C(C)C)C(C)C)CCCCCCCCCCOC(=O)C1. The van der Waals surface area contributed by atoms with Crippen LogP contribution in [0.3, 0.4) is 0 Å². The summed E-state index contributed by atoms with van der Waals surface area (Å²) in [6.07, 6.45) is 36.8. The van der Waals surface area contributed by atoms with Gasteiger partial charge >= 0.3 is 11.9 Å². The Morgan fingerprint density at radius 2 is 0.912 bits per heavy atom. The van der Waals surface area contributed by atoms with Gasteiger partial charge < -0.3 is 14.8 Å². The summed E-state index contributed by atoms with van der Waals surface area (Å²) < 4.78 is 11.4. The average molecular weight is 805 g/mol. The van der Waals surface area contributed by atoms with E-state index < -0.39 is 0 Å². The summed E-state index contributed by atoms with van der Waals surface area (Å²) in [7, 11) is 0. The third-order valence-corrected chi connectivity index (χ3v) is 12.5. The van der Waals surface area contributed by atoms with Gasteiger partial charge in [0, 0.05) is 43.9 Å². The number of rotatable bonds is 12. The summed E-state index contributed by atoms with van der Waals surface area (Å²) in [5.41, 5.74) is 0. The third-order valence-electron chi connectivity index (χ3n) is 12.5. The quantitative estimate of drug-likeness (QED) is 0.198. The predicted octanol–water partition coefficient (Wildman–Crippen LogP) is 13.8. The van der Waals surface area contributed by atoms with E-state index in [1.165, 1.54) is 128 Å². The summed E-state index contributed by atoms with van der Waals surface area (Å²) in [6, 6.07) is 1.17. The highest BCUT2D eigenvalue weighted by Crippen LogP contribution is 2.25. The topological polar surface area (TPSA) is 84.9 Å². The summed E-state index contributed by atoms with van der Waals surface area (Å²) in [5.74, 6) is 1.08. The largest absolute Gasteiger partial charge is 0.466 e. The molecule has 1 amide bonds. The van der Waals surface area contributed by atoms with E-state index in [-0.39, 0.29) is 23.9 Å². The van der Waals surface area contributed by atoms with Crippen molar-refractivity contribution in [2.75, 3.05) is 19.8 Å². The van der Waals surface area contributed by atoms with E-state index in [9.17, 15) is 14.4 Å². The fourth-order valence-corrected chi connectivity index (χ4v) is 8.90. The molecule has 7 nitrogen and oxygen atoms in total. The molecule has 2 unspecified atom stereocenters. The molecule has 57 heavy (non-hydrogen) atoms. The second-order valence-corrected chi connectivity index (χ2v) is 18.5. The molecule has 1 heterocycles. The number of cyclic esters (lactones) is 2. The second kappa shape index (κ2) is 37.4. The van der Waals surface area contributed by atoms with E-state index in [1.807, 2.05) is 0 Å². The van der Waals surface area contributed by atoms with Crippen LogP contribution in [0.4, 0.5) is 0 Å². The van der Waals surface area contributed by atoms with Crippen molar-refractivity contribution in [3.63, 3.8) is 0 Å². The molecule has 0 aromatic heterocycles. The molecule has 0 spiro atoms. The Bertz CT molecular complexity index is 891.